The van der Waals surface area contributed by atoms with Gasteiger partial charge in [-0.05, 0) is 43.5 Å². The van der Waals surface area contributed by atoms with E-state index in [1.807, 2.05) is 6.92 Å². The van der Waals surface area contributed by atoms with Crippen molar-refractivity contribution in [2.45, 2.75) is 26.7 Å². The zero-order valence-corrected chi connectivity index (χ0v) is 19.8. The Kier molecular flexibility index (Phi) is 8.89. The molecule has 1 aromatic carbocycles. The Morgan fingerprint density at radius 3 is 2.12 bits per heavy atom. The second-order valence-electron chi connectivity index (χ2n) is 6.72. The fourth-order valence-corrected chi connectivity index (χ4v) is 4.03. The maximum absolute atomic E-state index is 12.2. The predicted molar refractivity (Wildman–Crippen MR) is 119 cm³/mol. The first-order valence-corrected chi connectivity index (χ1v) is 10.5. The van der Waals surface area contributed by atoms with Crippen LogP contribution in [0.2, 0.25) is 0 Å². The summed E-state index contributed by atoms with van der Waals surface area (Å²) in [6.45, 7) is 3.15. The molecular formula is C22H27NO8S. The smallest absolute Gasteiger partial charge is 0.341 e. The number of aryl methyl sites for hydroxylation is 2. The molecule has 2 aromatic rings. The third-order valence-corrected chi connectivity index (χ3v) is 5.86. The topological polar surface area (TPSA) is 109 Å². The van der Waals surface area contributed by atoms with Gasteiger partial charge in [0.2, 0.25) is 5.75 Å². The molecule has 174 valence electrons. The van der Waals surface area contributed by atoms with Crippen LogP contribution in [0.1, 0.15) is 32.8 Å². The molecule has 0 saturated heterocycles. The highest BCUT2D eigenvalue weighted by Crippen LogP contribution is 2.38. The number of anilines is 1. The number of methoxy groups -OCH3 is 4. The van der Waals surface area contributed by atoms with Crippen molar-refractivity contribution in [3.05, 3.63) is 33.7 Å². The van der Waals surface area contributed by atoms with Crippen molar-refractivity contribution in [2.24, 2.45) is 0 Å². The maximum Gasteiger partial charge on any atom is 0.341 e. The van der Waals surface area contributed by atoms with E-state index in [1.165, 1.54) is 39.8 Å². The first kappa shape index (κ1) is 25.0. The predicted octanol–water partition coefficient (Wildman–Crippen LogP) is 3.29. The summed E-state index contributed by atoms with van der Waals surface area (Å²) in [4.78, 5) is 37.2. The molecule has 1 N–H and O–H groups in total. The zero-order valence-electron chi connectivity index (χ0n) is 19.0. The number of benzene rings is 1. The number of carbonyl (C=O) groups is 3. The molecule has 0 unspecified atom stereocenters. The number of thiophene rings is 1. The molecule has 2 rings (SSSR count). The highest BCUT2D eigenvalue weighted by atomic mass is 32.1. The summed E-state index contributed by atoms with van der Waals surface area (Å²) < 4.78 is 25.7. The minimum atomic E-state index is -0.544. The Morgan fingerprint density at radius 1 is 0.969 bits per heavy atom. The van der Waals surface area contributed by atoms with Gasteiger partial charge in [-0.25, -0.2) is 4.79 Å². The van der Waals surface area contributed by atoms with Gasteiger partial charge in [-0.1, -0.05) is 0 Å². The Labute approximate surface area is 190 Å². The first-order chi connectivity index (χ1) is 15.2. The highest BCUT2D eigenvalue weighted by Gasteiger charge is 2.22. The van der Waals surface area contributed by atoms with Gasteiger partial charge in [0.05, 0.1) is 34.0 Å². The molecule has 1 aromatic heterocycles. The van der Waals surface area contributed by atoms with Crippen molar-refractivity contribution in [1.82, 2.24) is 0 Å². The number of hydrogen-bond acceptors (Lipinski definition) is 9. The summed E-state index contributed by atoms with van der Waals surface area (Å²) in [6.07, 6.45) is 0.406. The summed E-state index contributed by atoms with van der Waals surface area (Å²) in [7, 11) is 5.80. The normalized spacial score (nSPS) is 10.3. The van der Waals surface area contributed by atoms with E-state index in [0.717, 1.165) is 16.0 Å². The number of rotatable bonds is 10. The summed E-state index contributed by atoms with van der Waals surface area (Å²) >= 11 is 1.26. The fourth-order valence-electron chi connectivity index (χ4n) is 2.97. The van der Waals surface area contributed by atoms with E-state index >= 15 is 0 Å². The SMILES string of the molecule is COC(=O)c1c(NC(=O)COC(=O)CCc2cc(OC)c(OC)c(OC)c2)sc(C)c1C. The van der Waals surface area contributed by atoms with Crippen molar-refractivity contribution in [3.63, 3.8) is 0 Å². The van der Waals surface area contributed by atoms with Gasteiger partial charge in [0.25, 0.3) is 5.91 Å². The van der Waals surface area contributed by atoms with Crippen molar-refractivity contribution in [3.8, 4) is 17.2 Å². The standard InChI is InChI=1S/C22H27NO8S/c1-12-13(2)32-21(19(12)22(26)30-6)23-17(24)11-31-18(25)8-7-14-9-15(27-3)20(29-5)16(10-14)28-4/h9-10H,7-8,11H2,1-6H3,(H,23,24). The van der Waals surface area contributed by atoms with Gasteiger partial charge in [0.1, 0.15) is 5.00 Å². The van der Waals surface area contributed by atoms with E-state index in [-0.39, 0.29) is 6.42 Å². The summed E-state index contributed by atoms with van der Waals surface area (Å²) in [5.74, 6) is -0.193. The monoisotopic (exact) mass is 465 g/mol. The van der Waals surface area contributed by atoms with Crippen LogP contribution in [0, 0.1) is 13.8 Å². The van der Waals surface area contributed by atoms with Crippen LogP contribution >= 0.6 is 11.3 Å². The van der Waals surface area contributed by atoms with E-state index in [1.54, 1.807) is 19.1 Å². The average Bonchev–Trinajstić information content (AvgIpc) is 3.07. The van der Waals surface area contributed by atoms with Gasteiger partial charge in [0, 0.05) is 11.3 Å². The molecule has 10 heteroatoms. The molecule has 0 bridgehead atoms. The van der Waals surface area contributed by atoms with Crippen LogP contribution in [-0.4, -0.2) is 52.9 Å². The average molecular weight is 466 g/mol. The molecule has 9 nitrogen and oxygen atoms in total. The molecule has 0 aliphatic rings. The highest BCUT2D eigenvalue weighted by molar-refractivity contribution is 7.16. The molecule has 32 heavy (non-hydrogen) atoms. The van der Waals surface area contributed by atoms with Gasteiger partial charge in [-0.3, -0.25) is 9.59 Å². The summed E-state index contributed by atoms with van der Waals surface area (Å²) in [5, 5.41) is 2.98. The van der Waals surface area contributed by atoms with Crippen LogP contribution in [0.25, 0.3) is 0 Å². The molecule has 0 aliphatic carbocycles. The molecule has 0 saturated carbocycles. The third kappa shape index (κ3) is 5.91. The molecule has 1 heterocycles. The lowest BCUT2D eigenvalue weighted by atomic mass is 10.1. The van der Waals surface area contributed by atoms with Gasteiger partial charge >= 0.3 is 11.9 Å². The molecule has 0 fully saturated rings. The van der Waals surface area contributed by atoms with Crippen molar-refractivity contribution in [1.29, 1.82) is 0 Å². The van der Waals surface area contributed by atoms with E-state index < -0.39 is 24.5 Å². The minimum Gasteiger partial charge on any atom is -0.493 e. The van der Waals surface area contributed by atoms with Crippen LogP contribution < -0.4 is 19.5 Å². The lowest BCUT2D eigenvalue weighted by Gasteiger charge is -2.14. The second kappa shape index (κ2) is 11.4. The summed E-state index contributed by atoms with van der Waals surface area (Å²) in [6, 6.07) is 3.49. The fraction of sp³-hybridized carbons (Fsp3) is 0.409. The molecule has 0 spiro atoms. The van der Waals surface area contributed by atoms with Crippen LogP contribution in [-0.2, 0) is 25.5 Å². The second-order valence-corrected chi connectivity index (χ2v) is 7.95. The van der Waals surface area contributed by atoms with Gasteiger partial charge in [0.15, 0.2) is 18.1 Å². The molecule has 1 amide bonds. The van der Waals surface area contributed by atoms with E-state index in [2.05, 4.69) is 5.32 Å². The number of esters is 2. The van der Waals surface area contributed by atoms with Crippen molar-refractivity contribution in [2.75, 3.05) is 40.4 Å². The lowest BCUT2D eigenvalue weighted by molar-refractivity contribution is -0.147. The Balaban J connectivity index is 1.94. The van der Waals surface area contributed by atoms with Crippen LogP contribution in [0.5, 0.6) is 17.2 Å². The first-order valence-electron chi connectivity index (χ1n) is 9.68. The van der Waals surface area contributed by atoms with Crippen molar-refractivity contribution < 1.29 is 38.1 Å². The lowest BCUT2D eigenvalue weighted by Crippen LogP contribution is -2.21. The number of hydrogen-bond donors (Lipinski definition) is 1. The largest absolute Gasteiger partial charge is 0.493 e. The molecule has 0 radical (unpaired) electrons. The number of amides is 1. The zero-order chi connectivity index (χ0) is 23.8. The van der Waals surface area contributed by atoms with Crippen LogP contribution in [0.15, 0.2) is 12.1 Å². The number of nitrogens with one attached hydrogen (secondary N) is 1. The molecule has 0 aliphatic heterocycles. The molecular weight excluding hydrogens is 438 g/mol. The van der Waals surface area contributed by atoms with Gasteiger partial charge < -0.3 is 29.0 Å². The minimum absolute atomic E-state index is 0.0521. The number of ether oxygens (including phenoxy) is 5. The van der Waals surface area contributed by atoms with Crippen molar-refractivity contribution >= 4 is 34.2 Å². The third-order valence-electron chi connectivity index (χ3n) is 4.73. The Morgan fingerprint density at radius 2 is 1.59 bits per heavy atom. The van der Waals surface area contributed by atoms with E-state index in [0.29, 0.717) is 34.2 Å². The summed E-state index contributed by atoms with van der Waals surface area (Å²) in [5.41, 5.74) is 1.82. The van der Waals surface area contributed by atoms with Crippen LogP contribution in [0.4, 0.5) is 5.00 Å². The number of carbonyl (C=O) groups excluding carboxylic acids is 3. The molecule has 0 atom stereocenters. The van der Waals surface area contributed by atoms with Gasteiger partial charge in [-0.15, -0.1) is 11.3 Å². The maximum atomic E-state index is 12.2. The quantitative estimate of drug-likeness (QED) is 0.533. The van der Waals surface area contributed by atoms with E-state index in [9.17, 15) is 14.4 Å². The van der Waals surface area contributed by atoms with E-state index in [4.69, 9.17) is 23.7 Å². The Hall–Kier alpha value is -3.27. The van der Waals surface area contributed by atoms with Gasteiger partial charge in [-0.2, -0.15) is 0 Å². The van der Waals surface area contributed by atoms with Crippen LogP contribution in [0.3, 0.4) is 0 Å². The Bertz CT molecular complexity index is 973.